The minimum atomic E-state index is -0.770. The first-order valence-corrected chi connectivity index (χ1v) is 4.26. The molecule has 0 aromatic rings. The lowest BCUT2D eigenvalue weighted by atomic mass is 10.6. The van der Waals surface area contributed by atoms with Crippen LogP contribution in [-0.4, -0.2) is 27.8 Å². The lowest BCUT2D eigenvalue weighted by Crippen LogP contribution is -2.12. The van der Waals surface area contributed by atoms with Crippen molar-refractivity contribution in [2.75, 3.05) is 18.1 Å². The third-order valence-electron chi connectivity index (χ3n) is 0.751. The number of hydrogen-bond donors (Lipinski definition) is 1. The maximum atomic E-state index is 10.6. The molecule has 2 nitrogen and oxygen atoms in total. The van der Waals surface area contributed by atoms with Gasteiger partial charge in [-0.05, 0) is 6.42 Å². The zero-order valence-electron chi connectivity index (χ0n) is 5.09. The first-order valence-electron chi connectivity index (χ1n) is 2.77. The molecule has 0 rings (SSSR count). The summed E-state index contributed by atoms with van der Waals surface area (Å²) in [5.74, 6) is 1.16. The molecule has 1 atom stereocenters. The summed E-state index contributed by atoms with van der Waals surface area (Å²) in [6, 6.07) is 0. The van der Waals surface area contributed by atoms with Crippen LogP contribution in [0.5, 0.6) is 0 Å². The average molecular weight is 136 g/mol. The van der Waals surface area contributed by atoms with Gasteiger partial charge < -0.3 is 9.66 Å². The van der Waals surface area contributed by atoms with E-state index in [2.05, 4.69) is 0 Å². The van der Waals surface area contributed by atoms with Crippen molar-refractivity contribution in [3.63, 3.8) is 0 Å². The van der Waals surface area contributed by atoms with Crippen molar-refractivity contribution in [2.24, 2.45) is 0 Å². The normalized spacial score (nSPS) is 13.9. The van der Waals surface area contributed by atoms with Gasteiger partial charge in [0.25, 0.3) is 0 Å². The van der Waals surface area contributed by atoms with Crippen LogP contribution in [0.25, 0.3) is 0 Å². The van der Waals surface area contributed by atoms with E-state index in [9.17, 15) is 4.55 Å². The highest BCUT2D eigenvalue weighted by Gasteiger charge is 1.99. The monoisotopic (exact) mass is 136 g/mol. The van der Waals surface area contributed by atoms with Gasteiger partial charge in [-0.1, -0.05) is 18.1 Å². The zero-order valence-corrected chi connectivity index (χ0v) is 5.91. The fourth-order valence-electron chi connectivity index (χ4n) is 0.432. The summed E-state index contributed by atoms with van der Waals surface area (Å²) in [4.78, 5) is 0. The minimum absolute atomic E-state index is 0.0482. The van der Waals surface area contributed by atoms with Gasteiger partial charge in [0, 0.05) is 0 Å². The third kappa shape index (κ3) is 4.43. The second-order valence-electron chi connectivity index (χ2n) is 1.57. The van der Waals surface area contributed by atoms with Crippen LogP contribution in [0.4, 0.5) is 0 Å². The molecule has 0 fully saturated rings. The van der Waals surface area contributed by atoms with Crippen LogP contribution in [0.1, 0.15) is 13.3 Å². The Labute approximate surface area is 53.1 Å². The van der Waals surface area contributed by atoms with Crippen molar-refractivity contribution in [2.45, 2.75) is 13.3 Å². The second kappa shape index (κ2) is 5.41. The van der Waals surface area contributed by atoms with Gasteiger partial charge in [0.1, 0.15) is 11.5 Å². The standard InChI is InChI=1S/C5H12O2S/c1-2-4-8(7)5-3-6/h6H,2-5H2,1H3. The Morgan fingerprint density at radius 1 is 1.50 bits per heavy atom. The van der Waals surface area contributed by atoms with Crippen LogP contribution >= 0.6 is 0 Å². The fourth-order valence-corrected chi connectivity index (χ4v) is 1.29. The maximum Gasteiger partial charge on any atom is 0.128 e. The zero-order chi connectivity index (χ0) is 6.41. The van der Waals surface area contributed by atoms with Crippen LogP contribution in [0, 0.1) is 0 Å². The van der Waals surface area contributed by atoms with Crippen molar-refractivity contribution < 1.29 is 9.66 Å². The van der Waals surface area contributed by atoms with E-state index >= 15 is 0 Å². The molecule has 0 aromatic heterocycles. The van der Waals surface area contributed by atoms with Crippen LogP contribution in [0.15, 0.2) is 0 Å². The molecule has 0 spiro atoms. The van der Waals surface area contributed by atoms with Crippen LogP contribution in [0.3, 0.4) is 0 Å². The molecule has 3 heteroatoms. The Kier molecular flexibility index (Phi) is 5.59. The quantitative estimate of drug-likeness (QED) is 0.558. The molecule has 0 aliphatic rings. The Bertz CT molecular complexity index is 43.7. The molecule has 8 heavy (non-hydrogen) atoms. The maximum absolute atomic E-state index is 10.6. The summed E-state index contributed by atoms with van der Waals surface area (Å²) in [5.41, 5.74) is 0. The average Bonchev–Trinajstić information content (AvgIpc) is 1.68. The summed E-state index contributed by atoms with van der Waals surface area (Å²) in [6.45, 7) is 2.03. The molecule has 0 saturated heterocycles. The minimum Gasteiger partial charge on any atom is -0.616 e. The Hall–Kier alpha value is 0.270. The van der Waals surface area contributed by atoms with Gasteiger partial charge in [-0.15, -0.1) is 0 Å². The molecule has 0 aliphatic heterocycles. The number of aliphatic hydroxyl groups is 1. The Morgan fingerprint density at radius 3 is 2.50 bits per heavy atom. The van der Waals surface area contributed by atoms with Gasteiger partial charge >= 0.3 is 0 Å². The molecule has 1 N–H and O–H groups in total. The van der Waals surface area contributed by atoms with Crippen molar-refractivity contribution in [1.82, 2.24) is 0 Å². The predicted octanol–water partition coefficient (Wildman–Crippen LogP) is 0.137. The van der Waals surface area contributed by atoms with Crippen molar-refractivity contribution >= 4 is 11.2 Å². The molecule has 50 valence electrons. The predicted molar refractivity (Wildman–Crippen MR) is 35.3 cm³/mol. The number of hydrogen-bond acceptors (Lipinski definition) is 2. The second-order valence-corrected chi connectivity index (χ2v) is 3.27. The molecule has 0 amide bonds. The highest BCUT2D eigenvalue weighted by Crippen LogP contribution is 1.91. The van der Waals surface area contributed by atoms with Gasteiger partial charge in [-0.2, -0.15) is 0 Å². The summed E-state index contributed by atoms with van der Waals surface area (Å²) < 4.78 is 10.6. The van der Waals surface area contributed by atoms with Crippen LogP contribution < -0.4 is 0 Å². The summed E-state index contributed by atoms with van der Waals surface area (Å²) in [5, 5.41) is 8.27. The first kappa shape index (κ1) is 8.27. The van der Waals surface area contributed by atoms with E-state index in [4.69, 9.17) is 5.11 Å². The van der Waals surface area contributed by atoms with E-state index in [1.165, 1.54) is 0 Å². The van der Waals surface area contributed by atoms with Crippen molar-refractivity contribution in [3.05, 3.63) is 0 Å². The molecule has 0 radical (unpaired) electrons. The molecule has 0 aliphatic carbocycles. The SMILES string of the molecule is CCC[S+]([O-])CCO. The smallest absolute Gasteiger partial charge is 0.128 e. The van der Waals surface area contributed by atoms with Crippen LogP contribution in [0.2, 0.25) is 0 Å². The van der Waals surface area contributed by atoms with Crippen LogP contribution in [-0.2, 0) is 11.2 Å². The van der Waals surface area contributed by atoms with Gasteiger partial charge in [-0.3, -0.25) is 0 Å². The lowest BCUT2D eigenvalue weighted by molar-refractivity contribution is 0.319. The third-order valence-corrected chi connectivity index (χ3v) is 2.25. The van der Waals surface area contributed by atoms with Crippen molar-refractivity contribution in [3.8, 4) is 0 Å². The van der Waals surface area contributed by atoms with E-state index in [-0.39, 0.29) is 6.61 Å². The van der Waals surface area contributed by atoms with Gasteiger partial charge in [-0.25, -0.2) is 0 Å². The molecule has 0 bridgehead atoms. The van der Waals surface area contributed by atoms with Gasteiger partial charge in [0.2, 0.25) is 0 Å². The fraction of sp³-hybridized carbons (Fsp3) is 1.00. The molecular weight excluding hydrogens is 124 g/mol. The summed E-state index contributed by atoms with van der Waals surface area (Å²) in [7, 11) is 0. The van der Waals surface area contributed by atoms with E-state index in [1.54, 1.807) is 0 Å². The summed E-state index contributed by atoms with van der Waals surface area (Å²) in [6.07, 6.45) is 0.937. The van der Waals surface area contributed by atoms with Gasteiger partial charge in [0.05, 0.1) is 6.61 Å². The van der Waals surface area contributed by atoms with E-state index in [1.807, 2.05) is 6.92 Å². The van der Waals surface area contributed by atoms with E-state index in [0.717, 1.165) is 12.2 Å². The molecule has 1 unspecified atom stereocenters. The largest absolute Gasteiger partial charge is 0.616 e. The van der Waals surface area contributed by atoms with E-state index in [0.29, 0.717) is 5.75 Å². The lowest BCUT2D eigenvalue weighted by Gasteiger charge is -2.06. The molecule has 0 aromatic carbocycles. The highest BCUT2D eigenvalue weighted by atomic mass is 32.2. The Morgan fingerprint density at radius 2 is 2.12 bits per heavy atom. The molecule has 0 heterocycles. The van der Waals surface area contributed by atoms with Crippen molar-refractivity contribution in [1.29, 1.82) is 0 Å². The highest BCUT2D eigenvalue weighted by molar-refractivity contribution is 7.91. The molecule has 0 saturated carbocycles. The number of rotatable bonds is 4. The number of aliphatic hydroxyl groups excluding tert-OH is 1. The topological polar surface area (TPSA) is 43.3 Å². The van der Waals surface area contributed by atoms with Gasteiger partial charge in [0.15, 0.2) is 0 Å². The molecular formula is C5H12O2S. The summed E-state index contributed by atoms with van der Waals surface area (Å²) >= 11 is -0.770. The first-order chi connectivity index (χ1) is 3.81. The van der Waals surface area contributed by atoms with E-state index < -0.39 is 11.2 Å². The Balaban J connectivity index is 2.92.